The van der Waals surface area contributed by atoms with E-state index in [4.69, 9.17) is 14.6 Å². The Labute approximate surface area is 207 Å². The largest absolute Gasteiger partial charge is 0.480 e. The summed E-state index contributed by atoms with van der Waals surface area (Å²) in [5, 5.41) is 23.3. The van der Waals surface area contributed by atoms with Crippen molar-refractivity contribution < 1.29 is 43.7 Å². The number of aliphatic hydroxyl groups is 1. The maximum absolute atomic E-state index is 12.0. The summed E-state index contributed by atoms with van der Waals surface area (Å²) in [5.41, 5.74) is 0. The minimum absolute atomic E-state index is 0.0601. The van der Waals surface area contributed by atoms with Crippen LogP contribution in [0.15, 0.2) is 0 Å². The first-order chi connectivity index (χ1) is 16.7. The number of aliphatic carboxylic acids is 1. The van der Waals surface area contributed by atoms with Crippen LogP contribution in [0.2, 0.25) is 0 Å². The number of carbonyl (C=O) groups is 5. The molecule has 0 spiro atoms. The number of carboxylic acid groups (broad SMARTS) is 1. The fourth-order valence-corrected chi connectivity index (χ4v) is 3.26. The zero-order valence-electron chi connectivity index (χ0n) is 21.0. The fraction of sp³-hybridized carbons (Fsp3) is 0.792. The van der Waals surface area contributed by atoms with Crippen LogP contribution in [0.5, 0.6) is 0 Å². The lowest BCUT2D eigenvalue weighted by Crippen LogP contribution is -2.43. The third kappa shape index (κ3) is 17.7. The first-order valence-corrected chi connectivity index (χ1v) is 12.3. The molecular formula is C24H42N2O9. The van der Waals surface area contributed by atoms with Crippen molar-refractivity contribution in [3.05, 3.63) is 0 Å². The number of aliphatic hydroxyl groups excluding tert-OH is 1. The van der Waals surface area contributed by atoms with Crippen LogP contribution in [-0.2, 0) is 33.4 Å². The Bertz CT molecular complexity index is 655. The molecule has 202 valence electrons. The highest BCUT2D eigenvalue weighted by Crippen LogP contribution is 2.13. The van der Waals surface area contributed by atoms with Gasteiger partial charge in [-0.1, -0.05) is 20.3 Å². The molecule has 2 amide bonds. The fourth-order valence-electron chi connectivity index (χ4n) is 3.26. The van der Waals surface area contributed by atoms with E-state index >= 15 is 0 Å². The van der Waals surface area contributed by atoms with E-state index in [-0.39, 0.29) is 56.1 Å². The van der Waals surface area contributed by atoms with E-state index < -0.39 is 24.5 Å². The summed E-state index contributed by atoms with van der Waals surface area (Å²) in [6.45, 7) is 4.15. The van der Waals surface area contributed by atoms with Crippen LogP contribution in [0, 0.1) is 5.92 Å². The molecule has 0 fully saturated rings. The lowest BCUT2D eigenvalue weighted by molar-refractivity contribution is -0.143. The number of nitrogens with one attached hydrogen (secondary N) is 2. The normalized spacial score (nSPS) is 12.5. The molecule has 0 aliphatic rings. The van der Waals surface area contributed by atoms with Gasteiger partial charge in [0.1, 0.15) is 25.0 Å². The molecule has 4 N–H and O–H groups in total. The van der Waals surface area contributed by atoms with Crippen molar-refractivity contribution in [1.82, 2.24) is 10.6 Å². The van der Waals surface area contributed by atoms with Gasteiger partial charge in [-0.25, -0.2) is 4.79 Å². The molecule has 0 aromatic rings. The molecular weight excluding hydrogens is 460 g/mol. The molecule has 0 aromatic heterocycles. The minimum atomic E-state index is -1.24. The monoisotopic (exact) mass is 502 g/mol. The minimum Gasteiger partial charge on any atom is -0.480 e. The summed E-state index contributed by atoms with van der Waals surface area (Å²) in [7, 11) is 0. The highest BCUT2D eigenvalue weighted by atomic mass is 16.5. The van der Waals surface area contributed by atoms with Gasteiger partial charge < -0.3 is 30.3 Å². The first kappa shape index (κ1) is 32.6. The van der Waals surface area contributed by atoms with E-state index in [1.54, 1.807) is 0 Å². The van der Waals surface area contributed by atoms with Crippen molar-refractivity contribution in [2.75, 3.05) is 39.6 Å². The van der Waals surface area contributed by atoms with Gasteiger partial charge in [0.2, 0.25) is 11.8 Å². The molecule has 0 aliphatic carbocycles. The van der Waals surface area contributed by atoms with Gasteiger partial charge in [-0.3, -0.25) is 19.2 Å². The van der Waals surface area contributed by atoms with Gasteiger partial charge in [0.05, 0.1) is 13.2 Å². The molecule has 0 saturated carbocycles. The Hall–Kier alpha value is -2.37. The summed E-state index contributed by atoms with van der Waals surface area (Å²) in [5.74, 6) is -2.33. The number of hydrogen-bond acceptors (Lipinski definition) is 8. The SMILES string of the molecule is CCC(=O)CCCOCCOCC(=O)N[C@@H](CCC(=O)NCCCC[C@H](CC)C(=O)CO)C(=O)O. The van der Waals surface area contributed by atoms with Gasteiger partial charge in [0.15, 0.2) is 5.78 Å². The molecule has 0 unspecified atom stereocenters. The molecule has 0 bridgehead atoms. The standard InChI is InChI=1S/C24H42N2O9/c1-3-18(21(29)16-27)8-5-6-12-25-22(30)11-10-20(24(32)33)26-23(31)17-35-15-14-34-13-7-9-19(28)4-2/h18,20,27H,3-17H2,1-2H3,(H,25,30)(H,26,31)(H,32,33)/t18-,20-/m0/s1. The highest BCUT2D eigenvalue weighted by molar-refractivity contribution is 5.85. The number of carbonyl (C=O) groups excluding carboxylic acids is 4. The van der Waals surface area contributed by atoms with Crippen molar-refractivity contribution in [2.45, 2.75) is 77.7 Å². The highest BCUT2D eigenvalue weighted by Gasteiger charge is 2.21. The number of Topliss-reactive ketones (excluding diaryl/α,β-unsaturated/α-hetero) is 2. The molecule has 0 heterocycles. The molecule has 11 nitrogen and oxygen atoms in total. The summed E-state index contributed by atoms with van der Waals surface area (Å²) in [6.07, 6.45) is 4.19. The molecule has 0 saturated heterocycles. The van der Waals surface area contributed by atoms with Gasteiger partial charge in [0.25, 0.3) is 0 Å². The van der Waals surface area contributed by atoms with Gasteiger partial charge in [0, 0.05) is 38.3 Å². The molecule has 0 rings (SSSR count). The predicted molar refractivity (Wildman–Crippen MR) is 128 cm³/mol. The van der Waals surface area contributed by atoms with Crippen LogP contribution in [0.4, 0.5) is 0 Å². The van der Waals surface area contributed by atoms with Crippen LogP contribution in [0.3, 0.4) is 0 Å². The summed E-state index contributed by atoms with van der Waals surface area (Å²) >= 11 is 0. The topological polar surface area (TPSA) is 168 Å². The lowest BCUT2D eigenvalue weighted by atomic mass is 9.95. The van der Waals surface area contributed by atoms with E-state index in [0.29, 0.717) is 51.7 Å². The Morgan fingerprint density at radius 2 is 1.57 bits per heavy atom. The number of carboxylic acids is 1. The van der Waals surface area contributed by atoms with E-state index in [1.807, 2.05) is 13.8 Å². The molecule has 0 aromatic carbocycles. The number of ether oxygens (including phenoxy) is 2. The Morgan fingerprint density at radius 3 is 2.20 bits per heavy atom. The average Bonchev–Trinajstić information content (AvgIpc) is 2.84. The second kappa shape index (κ2) is 21.0. The van der Waals surface area contributed by atoms with Crippen molar-refractivity contribution in [2.24, 2.45) is 5.92 Å². The van der Waals surface area contributed by atoms with Gasteiger partial charge >= 0.3 is 5.97 Å². The average molecular weight is 503 g/mol. The zero-order valence-corrected chi connectivity index (χ0v) is 21.0. The van der Waals surface area contributed by atoms with E-state index in [9.17, 15) is 29.1 Å². The molecule has 0 aliphatic heterocycles. The maximum atomic E-state index is 12.0. The Morgan fingerprint density at radius 1 is 0.857 bits per heavy atom. The lowest BCUT2D eigenvalue weighted by Gasteiger charge is -2.15. The van der Waals surface area contributed by atoms with Crippen molar-refractivity contribution in [1.29, 1.82) is 0 Å². The predicted octanol–water partition coefficient (Wildman–Crippen LogP) is 1.00. The van der Waals surface area contributed by atoms with Gasteiger partial charge in [-0.15, -0.1) is 0 Å². The first-order valence-electron chi connectivity index (χ1n) is 12.3. The van der Waals surface area contributed by atoms with Crippen LogP contribution < -0.4 is 10.6 Å². The quantitative estimate of drug-likeness (QED) is 0.149. The Balaban J connectivity index is 3.97. The van der Waals surface area contributed by atoms with Gasteiger partial charge in [-0.05, 0) is 32.1 Å². The number of rotatable bonds is 23. The molecule has 2 atom stereocenters. The van der Waals surface area contributed by atoms with Crippen molar-refractivity contribution >= 4 is 29.4 Å². The molecule has 35 heavy (non-hydrogen) atoms. The van der Waals surface area contributed by atoms with E-state index in [2.05, 4.69) is 10.6 Å². The summed E-state index contributed by atoms with van der Waals surface area (Å²) < 4.78 is 10.5. The van der Waals surface area contributed by atoms with Crippen LogP contribution in [0.25, 0.3) is 0 Å². The maximum Gasteiger partial charge on any atom is 0.326 e. The third-order valence-corrected chi connectivity index (χ3v) is 5.44. The number of ketones is 2. The zero-order chi connectivity index (χ0) is 26.5. The second-order valence-electron chi connectivity index (χ2n) is 8.23. The van der Waals surface area contributed by atoms with E-state index in [1.165, 1.54) is 0 Å². The number of unbranched alkanes of at least 4 members (excludes halogenated alkanes) is 1. The van der Waals surface area contributed by atoms with Crippen molar-refractivity contribution in [3.8, 4) is 0 Å². The molecule has 11 heteroatoms. The Kier molecular flexibility index (Phi) is 19.5. The van der Waals surface area contributed by atoms with Gasteiger partial charge in [-0.2, -0.15) is 0 Å². The number of amides is 2. The second-order valence-corrected chi connectivity index (χ2v) is 8.23. The smallest absolute Gasteiger partial charge is 0.326 e. The van der Waals surface area contributed by atoms with E-state index in [0.717, 1.165) is 6.42 Å². The van der Waals surface area contributed by atoms with Crippen LogP contribution in [0.1, 0.15) is 71.6 Å². The summed E-state index contributed by atoms with van der Waals surface area (Å²) in [4.78, 5) is 58.0. The molecule has 0 radical (unpaired) electrons. The third-order valence-electron chi connectivity index (χ3n) is 5.44. The van der Waals surface area contributed by atoms with Crippen molar-refractivity contribution in [3.63, 3.8) is 0 Å². The van der Waals surface area contributed by atoms with Crippen LogP contribution >= 0.6 is 0 Å². The summed E-state index contributed by atoms with van der Waals surface area (Å²) in [6, 6.07) is -1.21. The number of hydrogen-bond donors (Lipinski definition) is 4. The van der Waals surface area contributed by atoms with Crippen LogP contribution in [-0.4, -0.2) is 85.2 Å².